The van der Waals surface area contributed by atoms with Crippen LogP contribution < -0.4 is 0 Å². The summed E-state index contributed by atoms with van der Waals surface area (Å²) in [5.74, 6) is -4.82. The zero-order chi connectivity index (χ0) is 24.6. The normalized spacial score (nSPS) is 16.4. The number of unbranched alkanes of at least 4 members (excludes halogenated alkanes) is 7. The van der Waals surface area contributed by atoms with Gasteiger partial charge in [0.2, 0.25) is 0 Å². The molecule has 7 heteroatoms. The van der Waals surface area contributed by atoms with E-state index < -0.39 is 35.7 Å². The SMILES string of the molecule is CC/C=C/CCCCCCCCC[N+](CC(C)C(=O)O)(CC(C)C(=O)O)CC(C)C(=O)O. The van der Waals surface area contributed by atoms with Gasteiger partial charge in [-0.05, 0) is 52.9 Å². The lowest BCUT2D eigenvalue weighted by molar-refractivity contribution is -0.934. The Morgan fingerprint density at radius 1 is 0.656 bits per heavy atom. The summed E-state index contributed by atoms with van der Waals surface area (Å²) in [7, 11) is 0. The molecule has 0 aromatic heterocycles. The summed E-state index contributed by atoms with van der Waals surface area (Å²) in [4.78, 5) is 34.6. The maximum Gasteiger partial charge on any atom is 0.311 e. The molecule has 3 unspecified atom stereocenters. The molecule has 0 rings (SSSR count). The van der Waals surface area contributed by atoms with Crippen LogP contribution in [0.15, 0.2) is 12.2 Å². The molecule has 186 valence electrons. The van der Waals surface area contributed by atoms with Gasteiger partial charge in [0, 0.05) is 0 Å². The zero-order valence-corrected chi connectivity index (χ0v) is 20.6. The lowest BCUT2D eigenvalue weighted by Crippen LogP contribution is -2.57. The molecule has 0 fully saturated rings. The van der Waals surface area contributed by atoms with Crippen molar-refractivity contribution in [3.63, 3.8) is 0 Å². The molecule has 0 saturated heterocycles. The highest BCUT2D eigenvalue weighted by molar-refractivity contribution is 5.70. The Balaban J connectivity index is 4.92. The van der Waals surface area contributed by atoms with Gasteiger partial charge >= 0.3 is 17.9 Å². The van der Waals surface area contributed by atoms with E-state index in [1.165, 1.54) is 19.3 Å². The number of hydrogen-bond donors (Lipinski definition) is 3. The fourth-order valence-electron chi connectivity index (χ4n) is 4.35. The van der Waals surface area contributed by atoms with Crippen molar-refractivity contribution >= 4 is 17.9 Å². The lowest BCUT2D eigenvalue weighted by atomic mass is 10.0. The number of hydrogen-bond acceptors (Lipinski definition) is 3. The van der Waals surface area contributed by atoms with Gasteiger partial charge in [0.25, 0.3) is 0 Å². The number of carboxylic acids is 3. The van der Waals surface area contributed by atoms with E-state index >= 15 is 0 Å². The third kappa shape index (κ3) is 13.5. The lowest BCUT2D eigenvalue weighted by Gasteiger charge is -2.42. The van der Waals surface area contributed by atoms with E-state index in [0.29, 0.717) is 6.54 Å². The molecular formula is C25H46NO6+. The van der Waals surface area contributed by atoms with Crippen LogP contribution in [-0.4, -0.2) is 63.9 Å². The van der Waals surface area contributed by atoms with E-state index in [0.717, 1.165) is 38.5 Å². The van der Waals surface area contributed by atoms with E-state index in [4.69, 9.17) is 0 Å². The number of rotatable bonds is 20. The monoisotopic (exact) mass is 456 g/mol. The molecule has 0 radical (unpaired) electrons. The van der Waals surface area contributed by atoms with Crippen LogP contribution in [0.5, 0.6) is 0 Å². The molecule has 0 spiro atoms. The molecule has 0 saturated carbocycles. The first-order valence-corrected chi connectivity index (χ1v) is 12.2. The maximum absolute atomic E-state index is 11.5. The van der Waals surface area contributed by atoms with Crippen molar-refractivity contribution in [2.75, 3.05) is 26.2 Å². The topological polar surface area (TPSA) is 112 Å². The predicted octanol–water partition coefficient (Wildman–Crippen LogP) is 5.05. The molecule has 0 bridgehead atoms. The van der Waals surface area contributed by atoms with Crippen molar-refractivity contribution in [2.24, 2.45) is 17.8 Å². The van der Waals surface area contributed by atoms with E-state index in [1.54, 1.807) is 20.8 Å². The summed E-state index contributed by atoms with van der Waals surface area (Å²) in [5.41, 5.74) is 0. The second kappa shape index (κ2) is 16.7. The standard InChI is InChI=1S/C25H45NO6/c1-5-6-7-8-9-10-11-12-13-14-15-16-26(17-20(2)23(27)28,18-21(3)24(29)30)19-22(4)25(31)32/h6-7,20-22H,5,8-19H2,1-4H3,(H2-,27,28,29,30,31,32)/p+1/b7-6+. The number of aliphatic carboxylic acids is 3. The van der Waals surface area contributed by atoms with Gasteiger partial charge in [-0.3, -0.25) is 14.4 Å². The zero-order valence-electron chi connectivity index (χ0n) is 20.6. The van der Waals surface area contributed by atoms with Crippen LogP contribution in [0.4, 0.5) is 0 Å². The van der Waals surface area contributed by atoms with E-state index in [2.05, 4.69) is 19.1 Å². The van der Waals surface area contributed by atoms with Gasteiger partial charge in [-0.25, -0.2) is 0 Å². The molecule has 0 aromatic carbocycles. The van der Waals surface area contributed by atoms with Gasteiger partial charge < -0.3 is 19.8 Å². The molecular weight excluding hydrogens is 410 g/mol. The summed E-state index contributed by atoms with van der Waals surface area (Å²) in [6, 6.07) is 0. The van der Waals surface area contributed by atoms with Crippen LogP contribution >= 0.6 is 0 Å². The third-order valence-corrected chi connectivity index (χ3v) is 6.15. The summed E-state index contributed by atoms with van der Waals surface area (Å²) < 4.78 is 0.220. The molecule has 0 aliphatic heterocycles. The molecule has 7 nitrogen and oxygen atoms in total. The Labute approximate surface area is 194 Å². The molecule has 0 amide bonds. The van der Waals surface area contributed by atoms with Gasteiger partial charge in [0.1, 0.15) is 17.8 Å². The van der Waals surface area contributed by atoms with Crippen molar-refractivity contribution < 1.29 is 34.2 Å². The van der Waals surface area contributed by atoms with Crippen molar-refractivity contribution in [1.82, 2.24) is 0 Å². The summed E-state index contributed by atoms with van der Waals surface area (Å²) in [6.45, 7) is 8.32. The Morgan fingerprint density at radius 2 is 1.03 bits per heavy atom. The number of allylic oxidation sites excluding steroid dienone is 2. The molecule has 0 aliphatic carbocycles. The molecule has 0 aliphatic rings. The summed E-state index contributed by atoms with van der Waals surface area (Å²) in [6.07, 6.45) is 14.4. The van der Waals surface area contributed by atoms with Gasteiger partial charge in [0.15, 0.2) is 0 Å². The van der Waals surface area contributed by atoms with Crippen LogP contribution in [-0.2, 0) is 14.4 Å². The Morgan fingerprint density at radius 3 is 1.41 bits per heavy atom. The van der Waals surface area contributed by atoms with Gasteiger partial charge in [-0.2, -0.15) is 0 Å². The Bertz CT molecular complexity index is 534. The van der Waals surface area contributed by atoms with Crippen molar-refractivity contribution in [3.05, 3.63) is 12.2 Å². The molecule has 3 N–H and O–H groups in total. The molecule has 32 heavy (non-hydrogen) atoms. The number of nitrogens with zero attached hydrogens (tertiary/aromatic N) is 1. The largest absolute Gasteiger partial charge is 0.481 e. The second-order valence-corrected chi connectivity index (χ2v) is 9.47. The van der Waals surface area contributed by atoms with Crippen LogP contribution in [0.25, 0.3) is 0 Å². The third-order valence-electron chi connectivity index (χ3n) is 6.15. The average molecular weight is 457 g/mol. The Kier molecular flexibility index (Phi) is 15.7. The first-order valence-electron chi connectivity index (χ1n) is 12.2. The van der Waals surface area contributed by atoms with Crippen LogP contribution in [0.3, 0.4) is 0 Å². The van der Waals surface area contributed by atoms with Crippen LogP contribution in [0, 0.1) is 17.8 Å². The van der Waals surface area contributed by atoms with Crippen molar-refractivity contribution in [2.45, 2.75) is 85.5 Å². The summed E-state index contributed by atoms with van der Waals surface area (Å²) >= 11 is 0. The number of quaternary nitrogens is 1. The highest BCUT2D eigenvalue weighted by atomic mass is 16.4. The fourth-order valence-corrected chi connectivity index (χ4v) is 4.35. The smallest absolute Gasteiger partial charge is 0.311 e. The highest BCUT2D eigenvalue weighted by Crippen LogP contribution is 2.22. The van der Waals surface area contributed by atoms with E-state index in [9.17, 15) is 29.7 Å². The van der Waals surface area contributed by atoms with Crippen molar-refractivity contribution in [3.8, 4) is 0 Å². The molecule has 3 atom stereocenters. The van der Waals surface area contributed by atoms with Gasteiger partial charge in [0.05, 0.1) is 26.2 Å². The second-order valence-electron chi connectivity index (χ2n) is 9.47. The minimum atomic E-state index is -0.938. The summed E-state index contributed by atoms with van der Waals surface area (Å²) in [5, 5.41) is 28.3. The number of carbonyl (C=O) groups is 3. The van der Waals surface area contributed by atoms with Gasteiger partial charge in [-0.15, -0.1) is 0 Å². The average Bonchev–Trinajstić information content (AvgIpc) is 2.71. The molecule has 0 heterocycles. The van der Waals surface area contributed by atoms with Crippen molar-refractivity contribution in [1.29, 1.82) is 0 Å². The van der Waals surface area contributed by atoms with Gasteiger partial charge in [-0.1, -0.05) is 44.8 Å². The quantitative estimate of drug-likeness (QED) is 0.134. The minimum absolute atomic E-state index is 0.220. The predicted molar refractivity (Wildman–Crippen MR) is 126 cm³/mol. The highest BCUT2D eigenvalue weighted by Gasteiger charge is 2.38. The number of carboxylic acid groups (broad SMARTS) is 3. The van der Waals surface area contributed by atoms with Crippen LogP contribution in [0.2, 0.25) is 0 Å². The minimum Gasteiger partial charge on any atom is -0.481 e. The van der Waals surface area contributed by atoms with E-state index in [1.807, 2.05) is 0 Å². The van der Waals surface area contributed by atoms with Crippen LogP contribution in [0.1, 0.15) is 85.5 Å². The Hall–Kier alpha value is -1.89. The maximum atomic E-state index is 11.5. The molecule has 0 aromatic rings. The fraction of sp³-hybridized carbons (Fsp3) is 0.800. The first kappa shape index (κ1) is 30.1. The first-order chi connectivity index (χ1) is 15.0. The van der Waals surface area contributed by atoms with E-state index in [-0.39, 0.29) is 24.1 Å².